The van der Waals surface area contributed by atoms with Crippen LogP contribution in [-0.2, 0) is 6.54 Å². The predicted octanol–water partition coefficient (Wildman–Crippen LogP) is 4.24. The van der Waals surface area contributed by atoms with Crippen molar-refractivity contribution in [3.05, 3.63) is 52.8 Å². The third-order valence-electron chi connectivity index (χ3n) is 2.54. The van der Waals surface area contributed by atoms with Crippen LogP contribution in [0.4, 0.5) is 5.69 Å². The third kappa shape index (κ3) is 4.24. The van der Waals surface area contributed by atoms with Gasteiger partial charge in [0.1, 0.15) is 10.4 Å². The Kier molecular flexibility index (Phi) is 4.80. The topological polar surface area (TPSA) is 34.1 Å². The van der Waals surface area contributed by atoms with E-state index >= 15 is 0 Å². The number of halogens is 1. The smallest absolute Gasteiger partial charge is 0.129 e. The zero-order valence-corrected chi connectivity index (χ0v) is 12.6. The summed E-state index contributed by atoms with van der Waals surface area (Å²) in [5.74, 6) is 0.904. The van der Waals surface area contributed by atoms with Crippen LogP contribution in [0.15, 0.2) is 47.2 Å². The van der Waals surface area contributed by atoms with Crippen molar-refractivity contribution >= 4 is 21.6 Å². The number of aromatic nitrogens is 1. The quantitative estimate of drug-likeness (QED) is 0.836. The van der Waals surface area contributed by atoms with Gasteiger partial charge in [-0.2, -0.15) is 0 Å². The molecule has 0 atom stereocenters. The lowest BCUT2D eigenvalue weighted by Gasteiger charge is -2.11. The van der Waals surface area contributed by atoms with Crippen molar-refractivity contribution in [3.63, 3.8) is 0 Å². The van der Waals surface area contributed by atoms with E-state index in [1.165, 1.54) is 5.56 Å². The van der Waals surface area contributed by atoms with Crippen LogP contribution >= 0.6 is 15.9 Å². The second-order valence-corrected chi connectivity index (χ2v) is 5.26. The average Bonchev–Trinajstić information content (AvgIpc) is 2.39. The fourth-order valence-electron chi connectivity index (χ4n) is 1.67. The van der Waals surface area contributed by atoms with Crippen molar-refractivity contribution in [1.29, 1.82) is 0 Å². The predicted molar refractivity (Wildman–Crippen MR) is 81.5 cm³/mol. The van der Waals surface area contributed by atoms with Crippen LogP contribution in [0.2, 0.25) is 0 Å². The van der Waals surface area contributed by atoms with E-state index in [9.17, 15) is 0 Å². The maximum Gasteiger partial charge on any atom is 0.129 e. The zero-order valence-electron chi connectivity index (χ0n) is 11.1. The highest BCUT2D eigenvalue weighted by Gasteiger charge is 2.01. The van der Waals surface area contributed by atoms with Gasteiger partial charge >= 0.3 is 0 Å². The summed E-state index contributed by atoms with van der Waals surface area (Å²) in [6, 6.07) is 12.0. The van der Waals surface area contributed by atoms with Gasteiger partial charge in [-0.1, -0.05) is 12.1 Å². The highest BCUT2D eigenvalue weighted by molar-refractivity contribution is 9.10. The molecule has 2 aromatic rings. The summed E-state index contributed by atoms with van der Waals surface area (Å²) >= 11 is 3.41. The van der Waals surface area contributed by atoms with E-state index in [0.29, 0.717) is 0 Å². The molecule has 19 heavy (non-hydrogen) atoms. The van der Waals surface area contributed by atoms with Gasteiger partial charge in [-0.05, 0) is 59.6 Å². The van der Waals surface area contributed by atoms with E-state index in [-0.39, 0.29) is 6.10 Å². The van der Waals surface area contributed by atoms with Crippen molar-refractivity contribution < 1.29 is 4.74 Å². The van der Waals surface area contributed by atoms with Crippen LogP contribution < -0.4 is 10.1 Å². The summed E-state index contributed by atoms with van der Waals surface area (Å²) in [4.78, 5) is 4.17. The first-order valence-electron chi connectivity index (χ1n) is 6.25. The van der Waals surface area contributed by atoms with Gasteiger partial charge in [0, 0.05) is 12.7 Å². The normalized spacial score (nSPS) is 10.5. The highest BCUT2D eigenvalue weighted by atomic mass is 79.9. The summed E-state index contributed by atoms with van der Waals surface area (Å²) in [6.45, 7) is 4.80. The third-order valence-corrected chi connectivity index (χ3v) is 3.17. The van der Waals surface area contributed by atoms with Gasteiger partial charge in [-0.15, -0.1) is 0 Å². The molecule has 1 aromatic carbocycles. The molecule has 0 fully saturated rings. The van der Waals surface area contributed by atoms with Gasteiger partial charge in [0.15, 0.2) is 0 Å². The molecule has 0 aliphatic carbocycles. The summed E-state index contributed by atoms with van der Waals surface area (Å²) in [7, 11) is 0. The number of nitrogens with one attached hydrogen (secondary N) is 1. The standard InChI is InChI=1S/C15H17BrN2O/c1-11(2)19-13-7-5-12(6-8-13)10-18-14-4-3-9-17-15(14)16/h3-9,11,18H,10H2,1-2H3. The Morgan fingerprint density at radius 2 is 1.95 bits per heavy atom. The summed E-state index contributed by atoms with van der Waals surface area (Å²) < 4.78 is 6.44. The Balaban J connectivity index is 1.95. The lowest BCUT2D eigenvalue weighted by Crippen LogP contribution is -2.05. The van der Waals surface area contributed by atoms with Crippen molar-refractivity contribution in [1.82, 2.24) is 4.98 Å². The summed E-state index contributed by atoms with van der Waals surface area (Å²) in [5.41, 5.74) is 2.19. The number of anilines is 1. The molecule has 100 valence electrons. The molecule has 0 aliphatic rings. The molecule has 0 amide bonds. The molecular weight excluding hydrogens is 304 g/mol. The molecule has 4 heteroatoms. The number of hydrogen-bond donors (Lipinski definition) is 1. The first-order chi connectivity index (χ1) is 9.15. The minimum Gasteiger partial charge on any atom is -0.491 e. The van der Waals surface area contributed by atoms with Gasteiger partial charge < -0.3 is 10.1 Å². The maximum absolute atomic E-state index is 5.61. The number of pyridine rings is 1. The molecule has 0 spiro atoms. The van der Waals surface area contributed by atoms with E-state index in [1.807, 2.05) is 38.1 Å². The number of ether oxygens (including phenoxy) is 1. The lowest BCUT2D eigenvalue weighted by atomic mass is 10.2. The van der Waals surface area contributed by atoms with E-state index in [0.717, 1.165) is 22.6 Å². The summed E-state index contributed by atoms with van der Waals surface area (Å²) in [6.07, 6.45) is 1.96. The van der Waals surface area contributed by atoms with Crippen LogP contribution in [-0.4, -0.2) is 11.1 Å². The molecular formula is C15H17BrN2O. The Morgan fingerprint density at radius 3 is 2.58 bits per heavy atom. The first kappa shape index (κ1) is 13.9. The Hall–Kier alpha value is -1.55. The molecule has 1 aromatic heterocycles. The minimum absolute atomic E-state index is 0.204. The SMILES string of the molecule is CC(C)Oc1ccc(CNc2cccnc2Br)cc1. The largest absolute Gasteiger partial charge is 0.491 e. The van der Waals surface area contributed by atoms with Gasteiger partial charge in [0.25, 0.3) is 0 Å². The van der Waals surface area contributed by atoms with Crippen LogP contribution in [0, 0.1) is 0 Å². The fraction of sp³-hybridized carbons (Fsp3) is 0.267. The highest BCUT2D eigenvalue weighted by Crippen LogP contribution is 2.20. The maximum atomic E-state index is 5.61. The van der Waals surface area contributed by atoms with Gasteiger partial charge in [-0.3, -0.25) is 0 Å². The molecule has 3 nitrogen and oxygen atoms in total. The molecule has 1 heterocycles. The molecule has 0 radical (unpaired) electrons. The van der Waals surface area contributed by atoms with Crippen molar-refractivity contribution in [2.45, 2.75) is 26.5 Å². The molecule has 2 rings (SSSR count). The fourth-order valence-corrected chi connectivity index (χ4v) is 2.06. The van der Waals surface area contributed by atoms with E-state index in [4.69, 9.17) is 4.74 Å². The monoisotopic (exact) mass is 320 g/mol. The molecule has 0 aliphatic heterocycles. The van der Waals surface area contributed by atoms with Crippen molar-refractivity contribution in [2.24, 2.45) is 0 Å². The number of benzene rings is 1. The first-order valence-corrected chi connectivity index (χ1v) is 7.04. The van der Waals surface area contributed by atoms with Crippen molar-refractivity contribution in [3.8, 4) is 5.75 Å². The van der Waals surface area contributed by atoms with Crippen LogP contribution in [0.3, 0.4) is 0 Å². The van der Waals surface area contributed by atoms with Gasteiger partial charge in [-0.25, -0.2) is 4.98 Å². The molecule has 0 saturated heterocycles. The van der Waals surface area contributed by atoms with E-state index in [1.54, 1.807) is 6.20 Å². The van der Waals surface area contributed by atoms with Crippen LogP contribution in [0.5, 0.6) is 5.75 Å². The molecule has 1 N–H and O–H groups in total. The Labute approximate surface area is 122 Å². The molecule has 0 saturated carbocycles. The van der Waals surface area contributed by atoms with Crippen molar-refractivity contribution in [2.75, 3.05) is 5.32 Å². The Morgan fingerprint density at radius 1 is 1.21 bits per heavy atom. The second-order valence-electron chi connectivity index (χ2n) is 4.51. The minimum atomic E-state index is 0.204. The van der Waals surface area contributed by atoms with Gasteiger partial charge in [0.2, 0.25) is 0 Å². The number of nitrogens with zero attached hydrogens (tertiary/aromatic N) is 1. The summed E-state index contributed by atoms with van der Waals surface area (Å²) in [5, 5.41) is 3.34. The number of rotatable bonds is 5. The zero-order chi connectivity index (χ0) is 13.7. The van der Waals surface area contributed by atoms with E-state index in [2.05, 4.69) is 38.4 Å². The Bertz CT molecular complexity index is 526. The lowest BCUT2D eigenvalue weighted by molar-refractivity contribution is 0.242. The molecule has 0 unspecified atom stereocenters. The van der Waals surface area contributed by atoms with Crippen LogP contribution in [0.1, 0.15) is 19.4 Å². The van der Waals surface area contributed by atoms with Gasteiger partial charge in [0.05, 0.1) is 11.8 Å². The average molecular weight is 321 g/mol. The molecule has 0 bridgehead atoms. The van der Waals surface area contributed by atoms with E-state index < -0.39 is 0 Å². The number of hydrogen-bond acceptors (Lipinski definition) is 3. The second kappa shape index (κ2) is 6.57. The van der Waals surface area contributed by atoms with Crippen LogP contribution in [0.25, 0.3) is 0 Å².